The summed E-state index contributed by atoms with van der Waals surface area (Å²) in [6.45, 7) is 4.39. The van der Waals surface area contributed by atoms with Crippen LogP contribution in [0.15, 0.2) is 0 Å². The first-order valence-electron chi connectivity index (χ1n) is 9.06. The normalized spacial score (nSPS) is 53.0. The molecule has 0 spiro atoms. The molecule has 0 saturated heterocycles. The largest absolute Gasteiger partial charge is 0.299 e. The van der Waals surface area contributed by atoms with Crippen LogP contribution in [0.2, 0.25) is 0 Å². The number of fused-ring (bicyclic) bond motifs is 5. The zero-order valence-electron chi connectivity index (χ0n) is 13.4. The summed E-state index contributed by atoms with van der Waals surface area (Å²) in [6, 6.07) is 0. The summed E-state index contributed by atoms with van der Waals surface area (Å²) in [5, 5.41) is 0. The third-order valence-corrected chi connectivity index (χ3v) is 7.87. The topological polar surface area (TPSA) is 34.1 Å². The first-order chi connectivity index (χ1) is 10.0. The van der Waals surface area contributed by atoms with E-state index in [1.165, 1.54) is 19.3 Å². The molecule has 4 fully saturated rings. The van der Waals surface area contributed by atoms with Gasteiger partial charge >= 0.3 is 0 Å². The van der Waals surface area contributed by atoms with E-state index in [1.54, 1.807) is 0 Å². The van der Waals surface area contributed by atoms with Crippen LogP contribution in [0.25, 0.3) is 0 Å². The number of Topliss-reactive ketones (excluding diaryl/α,β-unsaturated/α-hetero) is 2. The maximum Gasteiger partial charge on any atom is 0.139 e. The Balaban J connectivity index is 1.60. The first-order valence-corrected chi connectivity index (χ1v) is 9.06. The van der Waals surface area contributed by atoms with Gasteiger partial charge in [0.15, 0.2) is 0 Å². The summed E-state index contributed by atoms with van der Waals surface area (Å²) in [7, 11) is 0. The van der Waals surface area contributed by atoms with Gasteiger partial charge in [-0.1, -0.05) is 13.8 Å². The van der Waals surface area contributed by atoms with Crippen molar-refractivity contribution in [2.75, 3.05) is 0 Å². The third kappa shape index (κ3) is 1.90. The van der Waals surface area contributed by atoms with Gasteiger partial charge < -0.3 is 0 Å². The van der Waals surface area contributed by atoms with Crippen molar-refractivity contribution in [1.29, 1.82) is 0 Å². The van der Waals surface area contributed by atoms with Gasteiger partial charge in [-0.2, -0.15) is 0 Å². The van der Waals surface area contributed by atoms with Crippen LogP contribution in [0.1, 0.15) is 65.2 Å². The molecule has 0 radical (unpaired) electrons. The molecule has 0 aromatic rings. The Hall–Kier alpha value is -0.660. The Morgan fingerprint density at radius 1 is 1.00 bits per heavy atom. The Labute approximate surface area is 128 Å². The molecule has 4 aliphatic rings. The van der Waals surface area contributed by atoms with Crippen molar-refractivity contribution >= 4 is 11.6 Å². The van der Waals surface area contributed by atoms with Gasteiger partial charge in [-0.25, -0.2) is 0 Å². The predicted molar refractivity (Wildman–Crippen MR) is 81.7 cm³/mol. The third-order valence-electron chi connectivity index (χ3n) is 7.87. The summed E-state index contributed by atoms with van der Waals surface area (Å²) in [4.78, 5) is 24.4. The maximum absolute atomic E-state index is 12.3. The Bertz CT molecular complexity index is 482. The molecule has 0 heterocycles. The standard InChI is InChI=1S/C19H28O2/c1-11-9-15-12(10-17(11)20)3-4-14-13(15)7-8-19(2)16(14)5-6-18(19)21/h11-16H,3-10H2,1-2H3. The second-order valence-corrected chi connectivity index (χ2v) is 8.66. The fourth-order valence-electron chi connectivity index (χ4n) is 6.62. The molecule has 0 aromatic heterocycles. The van der Waals surface area contributed by atoms with E-state index in [9.17, 15) is 9.59 Å². The molecule has 2 heteroatoms. The van der Waals surface area contributed by atoms with Gasteiger partial charge in [0.25, 0.3) is 0 Å². The van der Waals surface area contributed by atoms with Gasteiger partial charge in [-0.3, -0.25) is 9.59 Å². The molecule has 0 N–H and O–H groups in total. The molecule has 4 saturated carbocycles. The minimum atomic E-state index is 0.00407. The zero-order chi connectivity index (χ0) is 14.8. The molecule has 0 aliphatic heterocycles. The van der Waals surface area contributed by atoms with Gasteiger partial charge in [0.05, 0.1) is 0 Å². The molecule has 0 aromatic carbocycles. The van der Waals surface area contributed by atoms with Crippen molar-refractivity contribution in [3.63, 3.8) is 0 Å². The molecule has 4 aliphatic carbocycles. The highest BCUT2D eigenvalue weighted by Gasteiger charge is 2.57. The van der Waals surface area contributed by atoms with Gasteiger partial charge in [-0.15, -0.1) is 0 Å². The number of hydrogen-bond acceptors (Lipinski definition) is 2. The van der Waals surface area contributed by atoms with E-state index < -0.39 is 0 Å². The van der Waals surface area contributed by atoms with E-state index in [2.05, 4.69) is 13.8 Å². The van der Waals surface area contributed by atoms with Crippen molar-refractivity contribution < 1.29 is 9.59 Å². The summed E-state index contributed by atoms with van der Waals surface area (Å²) in [6.07, 6.45) is 8.81. The van der Waals surface area contributed by atoms with E-state index in [-0.39, 0.29) is 11.3 Å². The Kier molecular flexibility index (Phi) is 3.10. The predicted octanol–water partition coefficient (Wildman–Crippen LogP) is 4.02. The molecular weight excluding hydrogens is 260 g/mol. The lowest BCUT2D eigenvalue weighted by molar-refractivity contribution is -0.136. The summed E-state index contributed by atoms with van der Waals surface area (Å²) < 4.78 is 0. The number of carbonyl (C=O) groups is 2. The lowest BCUT2D eigenvalue weighted by atomic mass is 9.50. The smallest absolute Gasteiger partial charge is 0.139 e. The number of carbonyl (C=O) groups excluding carboxylic acids is 2. The molecule has 7 unspecified atom stereocenters. The SMILES string of the molecule is CC1CC2C(CCC3C2CCC2(C)C(=O)CCC32)CC1=O. The van der Waals surface area contributed by atoms with Crippen molar-refractivity contribution in [2.45, 2.75) is 65.2 Å². The Morgan fingerprint density at radius 2 is 1.81 bits per heavy atom. The second-order valence-electron chi connectivity index (χ2n) is 8.66. The minimum Gasteiger partial charge on any atom is -0.299 e. The highest BCUT2D eigenvalue weighted by atomic mass is 16.1. The number of rotatable bonds is 0. The van der Waals surface area contributed by atoms with Crippen molar-refractivity contribution in [1.82, 2.24) is 0 Å². The zero-order valence-corrected chi connectivity index (χ0v) is 13.4. The van der Waals surface area contributed by atoms with Crippen LogP contribution in [-0.2, 0) is 9.59 Å². The van der Waals surface area contributed by atoms with Gasteiger partial charge in [0.1, 0.15) is 11.6 Å². The summed E-state index contributed by atoms with van der Waals surface area (Å²) in [5.41, 5.74) is 0.00407. The average Bonchev–Trinajstić information content (AvgIpc) is 2.76. The molecule has 21 heavy (non-hydrogen) atoms. The van der Waals surface area contributed by atoms with Crippen LogP contribution in [-0.4, -0.2) is 11.6 Å². The first kappa shape index (κ1) is 14.0. The van der Waals surface area contributed by atoms with E-state index in [1.807, 2.05) is 0 Å². The van der Waals surface area contributed by atoms with E-state index in [0.29, 0.717) is 23.4 Å². The van der Waals surface area contributed by atoms with Gasteiger partial charge in [0, 0.05) is 24.2 Å². The molecule has 2 nitrogen and oxygen atoms in total. The van der Waals surface area contributed by atoms with Crippen LogP contribution in [0, 0.1) is 40.9 Å². The number of hydrogen-bond donors (Lipinski definition) is 0. The molecule has 4 rings (SSSR count). The minimum absolute atomic E-state index is 0.00407. The van der Waals surface area contributed by atoms with Crippen LogP contribution >= 0.6 is 0 Å². The van der Waals surface area contributed by atoms with Crippen LogP contribution < -0.4 is 0 Å². The average molecular weight is 288 g/mol. The fourth-order valence-corrected chi connectivity index (χ4v) is 6.62. The van der Waals surface area contributed by atoms with E-state index in [0.717, 1.165) is 49.9 Å². The van der Waals surface area contributed by atoms with Crippen molar-refractivity contribution in [3.05, 3.63) is 0 Å². The quantitative estimate of drug-likeness (QED) is 0.674. The Morgan fingerprint density at radius 3 is 2.62 bits per heavy atom. The fraction of sp³-hybridized carbons (Fsp3) is 0.895. The molecule has 116 valence electrons. The molecule has 7 atom stereocenters. The number of ketones is 2. The van der Waals surface area contributed by atoms with Gasteiger partial charge in [-0.05, 0) is 68.1 Å². The van der Waals surface area contributed by atoms with Crippen molar-refractivity contribution in [3.8, 4) is 0 Å². The van der Waals surface area contributed by atoms with Crippen LogP contribution in [0.5, 0.6) is 0 Å². The van der Waals surface area contributed by atoms with Gasteiger partial charge in [0.2, 0.25) is 0 Å². The molecule has 0 amide bonds. The molecule has 0 bridgehead atoms. The maximum atomic E-state index is 12.3. The monoisotopic (exact) mass is 288 g/mol. The highest BCUT2D eigenvalue weighted by molar-refractivity contribution is 5.87. The lowest BCUT2D eigenvalue weighted by Gasteiger charge is -2.54. The van der Waals surface area contributed by atoms with Crippen molar-refractivity contribution in [2.24, 2.45) is 40.9 Å². The van der Waals surface area contributed by atoms with Crippen LogP contribution in [0.3, 0.4) is 0 Å². The lowest BCUT2D eigenvalue weighted by Crippen LogP contribution is -2.49. The van der Waals surface area contributed by atoms with E-state index >= 15 is 0 Å². The van der Waals surface area contributed by atoms with E-state index in [4.69, 9.17) is 0 Å². The van der Waals surface area contributed by atoms with Crippen LogP contribution in [0.4, 0.5) is 0 Å². The second kappa shape index (κ2) is 4.67. The summed E-state index contributed by atoms with van der Waals surface area (Å²) in [5.74, 6) is 5.00. The highest BCUT2D eigenvalue weighted by Crippen LogP contribution is 2.61. The molecular formula is C19H28O2. The summed E-state index contributed by atoms with van der Waals surface area (Å²) >= 11 is 0.